The van der Waals surface area contributed by atoms with Gasteiger partial charge in [-0.15, -0.1) is 0 Å². The first-order valence-electron chi connectivity index (χ1n) is 6.93. The summed E-state index contributed by atoms with van der Waals surface area (Å²) in [6.45, 7) is 0. The standard InChI is InChI=1S/C15H19NO/c17-14-3-1-2-4-16(14)15-8-11-5-12(9-15)7-13(6-11)10-15/h1-4,11-13H,5-10H2. The van der Waals surface area contributed by atoms with Crippen molar-refractivity contribution < 1.29 is 0 Å². The molecule has 2 heteroatoms. The van der Waals surface area contributed by atoms with Gasteiger partial charge in [-0.1, -0.05) is 6.07 Å². The molecule has 1 aromatic heterocycles. The fourth-order valence-corrected chi connectivity index (χ4v) is 5.18. The Balaban J connectivity index is 1.83. The van der Waals surface area contributed by atoms with Gasteiger partial charge in [0.2, 0.25) is 0 Å². The number of rotatable bonds is 1. The molecule has 0 amide bonds. The molecule has 0 aromatic carbocycles. The third-order valence-electron chi connectivity index (χ3n) is 5.34. The number of pyridine rings is 1. The van der Waals surface area contributed by atoms with E-state index in [0.717, 1.165) is 17.8 Å². The van der Waals surface area contributed by atoms with Crippen molar-refractivity contribution >= 4 is 0 Å². The van der Waals surface area contributed by atoms with Crippen LogP contribution in [0.2, 0.25) is 0 Å². The monoisotopic (exact) mass is 229 g/mol. The molecule has 90 valence electrons. The topological polar surface area (TPSA) is 22.0 Å². The molecule has 0 N–H and O–H groups in total. The molecule has 0 aliphatic heterocycles. The molecular formula is C15H19NO. The van der Waals surface area contributed by atoms with E-state index in [4.69, 9.17) is 0 Å². The molecule has 4 aliphatic rings. The molecule has 0 radical (unpaired) electrons. The minimum Gasteiger partial charge on any atom is -0.309 e. The Labute approximate surface area is 102 Å². The van der Waals surface area contributed by atoms with Crippen molar-refractivity contribution in [3.05, 3.63) is 34.7 Å². The maximum atomic E-state index is 12.1. The predicted molar refractivity (Wildman–Crippen MR) is 66.8 cm³/mol. The number of hydrogen-bond donors (Lipinski definition) is 0. The van der Waals surface area contributed by atoms with E-state index in [-0.39, 0.29) is 11.1 Å². The van der Waals surface area contributed by atoms with Crippen molar-refractivity contribution in [2.45, 2.75) is 44.1 Å². The third-order valence-corrected chi connectivity index (χ3v) is 5.34. The maximum Gasteiger partial charge on any atom is 0.251 e. The summed E-state index contributed by atoms with van der Waals surface area (Å²) < 4.78 is 2.07. The smallest absolute Gasteiger partial charge is 0.251 e. The van der Waals surface area contributed by atoms with E-state index < -0.39 is 0 Å². The van der Waals surface area contributed by atoms with Crippen LogP contribution in [0.15, 0.2) is 29.2 Å². The van der Waals surface area contributed by atoms with Gasteiger partial charge in [0.1, 0.15) is 0 Å². The maximum absolute atomic E-state index is 12.1. The SMILES string of the molecule is O=c1ccccn1C12CC3CC(CC(C3)C1)C2. The highest BCUT2D eigenvalue weighted by atomic mass is 16.1. The Morgan fingerprint density at radius 1 is 1.00 bits per heavy atom. The summed E-state index contributed by atoms with van der Waals surface area (Å²) in [7, 11) is 0. The zero-order chi connectivity index (χ0) is 11.5. The van der Waals surface area contributed by atoms with Gasteiger partial charge in [0, 0.05) is 17.8 Å². The minimum absolute atomic E-state index is 0.188. The molecule has 4 aliphatic carbocycles. The summed E-state index contributed by atoms with van der Waals surface area (Å²) in [5, 5.41) is 0. The van der Waals surface area contributed by atoms with Crippen molar-refractivity contribution in [2.75, 3.05) is 0 Å². The van der Waals surface area contributed by atoms with Gasteiger partial charge in [0.15, 0.2) is 0 Å². The van der Waals surface area contributed by atoms with Crippen LogP contribution in [0.5, 0.6) is 0 Å². The summed E-state index contributed by atoms with van der Waals surface area (Å²) in [4.78, 5) is 12.1. The summed E-state index contributed by atoms with van der Waals surface area (Å²) in [5.41, 5.74) is 0.391. The molecule has 1 heterocycles. The highest BCUT2D eigenvalue weighted by molar-refractivity contribution is 5.08. The lowest BCUT2D eigenvalue weighted by Crippen LogP contribution is -2.54. The predicted octanol–water partition coefficient (Wildman–Crippen LogP) is 2.77. The molecule has 0 atom stereocenters. The molecule has 4 bridgehead atoms. The van der Waals surface area contributed by atoms with E-state index in [1.54, 1.807) is 6.07 Å². The molecule has 2 nitrogen and oxygen atoms in total. The molecule has 4 fully saturated rings. The lowest BCUT2D eigenvalue weighted by molar-refractivity contribution is -0.0448. The first-order chi connectivity index (χ1) is 8.25. The summed E-state index contributed by atoms with van der Waals surface area (Å²) in [5.74, 6) is 2.69. The van der Waals surface area contributed by atoms with Crippen molar-refractivity contribution in [1.82, 2.24) is 4.57 Å². The van der Waals surface area contributed by atoms with E-state index in [2.05, 4.69) is 4.57 Å². The second-order valence-electron chi connectivity index (χ2n) is 6.55. The molecule has 0 spiro atoms. The van der Waals surface area contributed by atoms with Crippen LogP contribution < -0.4 is 5.56 Å². The number of nitrogens with zero attached hydrogens (tertiary/aromatic N) is 1. The van der Waals surface area contributed by atoms with Crippen molar-refractivity contribution in [2.24, 2.45) is 17.8 Å². The zero-order valence-electron chi connectivity index (χ0n) is 10.1. The van der Waals surface area contributed by atoms with Crippen molar-refractivity contribution in [3.8, 4) is 0 Å². The van der Waals surface area contributed by atoms with Crippen LogP contribution in [-0.4, -0.2) is 4.57 Å². The van der Waals surface area contributed by atoms with Crippen LogP contribution in [0.4, 0.5) is 0 Å². The molecule has 5 rings (SSSR count). The lowest BCUT2D eigenvalue weighted by Gasteiger charge is -2.57. The average Bonchev–Trinajstić information content (AvgIpc) is 2.27. The fourth-order valence-electron chi connectivity index (χ4n) is 5.18. The third kappa shape index (κ3) is 1.36. The summed E-state index contributed by atoms with van der Waals surface area (Å²) in [6, 6.07) is 5.60. The Kier molecular flexibility index (Phi) is 1.89. The van der Waals surface area contributed by atoms with Gasteiger partial charge in [-0.2, -0.15) is 0 Å². The zero-order valence-corrected chi connectivity index (χ0v) is 10.1. The first-order valence-corrected chi connectivity index (χ1v) is 6.93. The number of aromatic nitrogens is 1. The van der Waals surface area contributed by atoms with E-state index in [0.29, 0.717) is 0 Å². The van der Waals surface area contributed by atoms with E-state index in [1.807, 2.05) is 18.3 Å². The first kappa shape index (κ1) is 9.93. The van der Waals surface area contributed by atoms with Crippen LogP contribution in [0.3, 0.4) is 0 Å². The Morgan fingerprint density at radius 3 is 2.12 bits per heavy atom. The van der Waals surface area contributed by atoms with Crippen LogP contribution in [-0.2, 0) is 5.54 Å². The molecule has 1 aromatic rings. The Morgan fingerprint density at radius 2 is 1.59 bits per heavy atom. The molecular weight excluding hydrogens is 210 g/mol. The minimum atomic E-state index is 0.188. The average molecular weight is 229 g/mol. The molecule has 0 saturated heterocycles. The van der Waals surface area contributed by atoms with Crippen molar-refractivity contribution in [3.63, 3.8) is 0 Å². The summed E-state index contributed by atoms with van der Waals surface area (Å²) in [6.07, 6.45) is 10.1. The van der Waals surface area contributed by atoms with Crippen LogP contribution in [0.25, 0.3) is 0 Å². The second-order valence-corrected chi connectivity index (χ2v) is 6.55. The van der Waals surface area contributed by atoms with Crippen LogP contribution in [0, 0.1) is 17.8 Å². The molecule has 4 saturated carbocycles. The van der Waals surface area contributed by atoms with Crippen molar-refractivity contribution in [1.29, 1.82) is 0 Å². The van der Waals surface area contributed by atoms with E-state index in [9.17, 15) is 4.79 Å². The highest BCUT2D eigenvalue weighted by Gasteiger charge is 2.51. The quantitative estimate of drug-likeness (QED) is 0.725. The van der Waals surface area contributed by atoms with Crippen LogP contribution in [0.1, 0.15) is 38.5 Å². The lowest BCUT2D eigenvalue weighted by atomic mass is 9.53. The van der Waals surface area contributed by atoms with E-state index in [1.165, 1.54) is 38.5 Å². The number of hydrogen-bond acceptors (Lipinski definition) is 1. The van der Waals surface area contributed by atoms with Crippen LogP contribution >= 0.6 is 0 Å². The Hall–Kier alpha value is -1.05. The highest BCUT2D eigenvalue weighted by Crippen LogP contribution is 2.58. The summed E-state index contributed by atoms with van der Waals surface area (Å²) >= 11 is 0. The normalized spacial score (nSPS) is 42.9. The van der Waals surface area contributed by atoms with Gasteiger partial charge in [0.05, 0.1) is 0 Å². The Bertz CT molecular complexity index is 466. The molecule has 17 heavy (non-hydrogen) atoms. The largest absolute Gasteiger partial charge is 0.309 e. The fraction of sp³-hybridized carbons (Fsp3) is 0.667. The molecule has 0 unspecified atom stereocenters. The van der Waals surface area contributed by atoms with Gasteiger partial charge in [-0.05, 0) is 62.3 Å². The van der Waals surface area contributed by atoms with Gasteiger partial charge in [-0.3, -0.25) is 4.79 Å². The second kappa shape index (κ2) is 3.24. The van der Waals surface area contributed by atoms with Gasteiger partial charge in [0.25, 0.3) is 5.56 Å². The van der Waals surface area contributed by atoms with Gasteiger partial charge in [-0.25, -0.2) is 0 Å². The van der Waals surface area contributed by atoms with Gasteiger partial charge >= 0.3 is 0 Å². The van der Waals surface area contributed by atoms with Gasteiger partial charge < -0.3 is 4.57 Å². The van der Waals surface area contributed by atoms with E-state index >= 15 is 0 Å².